The molecule has 0 saturated heterocycles. The van der Waals surface area contributed by atoms with E-state index < -0.39 is 0 Å². The van der Waals surface area contributed by atoms with Crippen molar-refractivity contribution in [1.29, 1.82) is 5.26 Å². The van der Waals surface area contributed by atoms with E-state index in [1.165, 1.54) is 6.33 Å². The van der Waals surface area contributed by atoms with E-state index in [0.29, 0.717) is 5.35 Å². The molecule has 1 saturated carbocycles. The second-order valence-electron chi connectivity index (χ2n) is 4.76. The average molecular weight is 238 g/mol. The number of fused-ring (bicyclic) bond motifs is 1. The Balaban J connectivity index is 2.37. The molecule has 1 aliphatic carbocycles. The number of hydrogen-bond acceptors (Lipinski definition) is 5. The Hall–Kier alpha value is -2.44. The van der Waals surface area contributed by atoms with Gasteiger partial charge in [-0.15, -0.1) is 0 Å². The predicted octanol–water partition coefficient (Wildman–Crippen LogP) is -0.528. The fourth-order valence-electron chi connectivity index (χ4n) is 2.13. The molecule has 2 aliphatic rings. The zero-order valence-corrected chi connectivity index (χ0v) is 9.84. The highest BCUT2D eigenvalue weighted by molar-refractivity contribution is 5.86. The highest BCUT2D eigenvalue weighted by atomic mass is 16.1. The minimum absolute atomic E-state index is 0.0810. The highest BCUT2D eigenvalue weighted by Gasteiger charge is 2.45. The molecule has 3 rings (SSSR count). The Labute approximate surface area is 103 Å². The average Bonchev–Trinajstić information content (AvgIpc) is 3.15. The molecule has 0 unspecified atom stereocenters. The Bertz CT molecular complexity index is 733. The Morgan fingerprint density at radius 3 is 2.89 bits per heavy atom. The number of nitrogens with zero attached hydrogens (tertiary/aromatic N) is 4. The van der Waals surface area contributed by atoms with Crippen molar-refractivity contribution in [2.75, 3.05) is 0 Å². The summed E-state index contributed by atoms with van der Waals surface area (Å²) in [5, 5.41) is 10.5. The maximum absolute atomic E-state index is 11.2. The lowest BCUT2D eigenvalue weighted by Crippen LogP contribution is -2.43. The van der Waals surface area contributed by atoms with Crippen LogP contribution in [0.3, 0.4) is 0 Å². The van der Waals surface area contributed by atoms with Crippen LogP contribution in [0.5, 0.6) is 0 Å². The van der Waals surface area contributed by atoms with Crippen LogP contribution in [-0.2, 0) is 4.79 Å². The summed E-state index contributed by atoms with van der Waals surface area (Å²) in [5.41, 5.74) is 0.476. The van der Waals surface area contributed by atoms with Crippen molar-refractivity contribution in [3.05, 3.63) is 28.8 Å². The van der Waals surface area contributed by atoms with Crippen molar-refractivity contribution in [3.8, 4) is 6.07 Å². The lowest BCUT2D eigenvalue weighted by atomic mass is 10.1. The first kappa shape index (κ1) is 10.7. The monoisotopic (exact) mass is 238 g/mol. The zero-order chi connectivity index (χ0) is 12.8. The van der Waals surface area contributed by atoms with Crippen LogP contribution in [0.1, 0.15) is 19.8 Å². The summed E-state index contributed by atoms with van der Waals surface area (Å²) in [4.78, 5) is 21.1. The molecular formula is C13H10N4O. The van der Waals surface area contributed by atoms with Gasteiger partial charge in [-0.3, -0.25) is 0 Å². The van der Waals surface area contributed by atoms with Gasteiger partial charge in [-0.1, -0.05) is 0 Å². The van der Waals surface area contributed by atoms with Gasteiger partial charge in [0.25, 0.3) is 0 Å². The zero-order valence-electron chi connectivity index (χ0n) is 9.84. The first-order chi connectivity index (χ1) is 8.69. The predicted molar refractivity (Wildman–Crippen MR) is 63.5 cm³/mol. The molecule has 0 aromatic carbocycles. The molecule has 18 heavy (non-hydrogen) atoms. The molecule has 0 atom stereocenters. The van der Waals surface area contributed by atoms with Crippen LogP contribution in [0.2, 0.25) is 0 Å². The standard InChI is InChI=1S/C13H10N4O/c1-13(2-3-13)17-6-9-5-15-8-16-12(9)10(4-14)11(17)7-18/h5-6,8H,2-3H2,1H3. The van der Waals surface area contributed by atoms with Gasteiger partial charge in [0.1, 0.15) is 23.7 Å². The highest BCUT2D eigenvalue weighted by Crippen LogP contribution is 2.44. The molecule has 88 valence electrons. The van der Waals surface area contributed by atoms with Gasteiger partial charge in [0, 0.05) is 23.2 Å². The second kappa shape index (κ2) is 3.52. The number of carbonyl (C=O) groups excluding carboxylic acids is 1. The van der Waals surface area contributed by atoms with E-state index in [2.05, 4.69) is 23.0 Å². The number of nitriles is 1. The Morgan fingerprint density at radius 1 is 1.50 bits per heavy atom. The molecule has 1 fully saturated rings. The van der Waals surface area contributed by atoms with E-state index in [1.54, 1.807) is 6.20 Å². The largest absolute Gasteiger partial charge is 0.331 e. The summed E-state index contributed by atoms with van der Waals surface area (Å²) < 4.78 is 0. The number of rotatable bonds is 1. The summed E-state index contributed by atoms with van der Waals surface area (Å²) in [6.45, 7) is 2.06. The van der Waals surface area contributed by atoms with Gasteiger partial charge in [0.05, 0.1) is 5.35 Å². The number of aromatic nitrogens is 2. The van der Waals surface area contributed by atoms with Gasteiger partial charge in [0.2, 0.25) is 0 Å². The minimum Gasteiger partial charge on any atom is -0.331 e. The van der Waals surface area contributed by atoms with E-state index in [1.807, 2.05) is 17.0 Å². The summed E-state index contributed by atoms with van der Waals surface area (Å²) in [7, 11) is 0. The summed E-state index contributed by atoms with van der Waals surface area (Å²) in [6.07, 6.45) is 6.86. The number of allylic oxidation sites excluding steroid dienone is 1. The molecule has 1 aliphatic heterocycles. The molecule has 0 spiro atoms. The van der Waals surface area contributed by atoms with E-state index in [0.717, 1.165) is 18.1 Å². The van der Waals surface area contributed by atoms with E-state index >= 15 is 0 Å². The molecule has 2 heterocycles. The molecular weight excluding hydrogens is 228 g/mol. The van der Waals surface area contributed by atoms with Crippen molar-refractivity contribution >= 4 is 17.7 Å². The van der Waals surface area contributed by atoms with Crippen molar-refractivity contribution in [2.45, 2.75) is 25.3 Å². The van der Waals surface area contributed by atoms with Crippen molar-refractivity contribution < 1.29 is 4.79 Å². The third kappa shape index (κ3) is 1.37. The molecule has 0 bridgehead atoms. The van der Waals surface area contributed by atoms with Gasteiger partial charge in [-0.25, -0.2) is 14.8 Å². The smallest absolute Gasteiger partial charge is 0.152 e. The quantitative estimate of drug-likeness (QED) is 0.615. The third-order valence-corrected chi connectivity index (χ3v) is 3.49. The van der Waals surface area contributed by atoms with Gasteiger partial charge in [0.15, 0.2) is 5.94 Å². The van der Waals surface area contributed by atoms with Crippen LogP contribution in [0.25, 0.3) is 11.8 Å². The van der Waals surface area contributed by atoms with Gasteiger partial charge < -0.3 is 4.90 Å². The van der Waals surface area contributed by atoms with Crippen LogP contribution in [-0.4, -0.2) is 26.3 Å². The van der Waals surface area contributed by atoms with Crippen LogP contribution >= 0.6 is 0 Å². The van der Waals surface area contributed by atoms with Crippen molar-refractivity contribution in [1.82, 2.24) is 14.9 Å². The van der Waals surface area contributed by atoms with Crippen molar-refractivity contribution in [2.24, 2.45) is 0 Å². The first-order valence-electron chi connectivity index (χ1n) is 5.67. The molecule has 0 N–H and O–H groups in total. The van der Waals surface area contributed by atoms with Crippen LogP contribution in [0.4, 0.5) is 0 Å². The van der Waals surface area contributed by atoms with Crippen molar-refractivity contribution in [3.63, 3.8) is 0 Å². The van der Waals surface area contributed by atoms with Gasteiger partial charge in [-0.2, -0.15) is 5.26 Å². The Morgan fingerprint density at radius 2 is 2.28 bits per heavy atom. The summed E-state index contributed by atoms with van der Waals surface area (Å²) in [6, 6.07) is 2.06. The summed E-state index contributed by atoms with van der Waals surface area (Å²) in [5.74, 6) is 1.88. The van der Waals surface area contributed by atoms with Gasteiger partial charge in [-0.05, 0) is 19.8 Å². The maximum Gasteiger partial charge on any atom is 0.152 e. The number of hydrogen-bond donors (Lipinski definition) is 0. The second-order valence-corrected chi connectivity index (χ2v) is 4.76. The van der Waals surface area contributed by atoms with E-state index in [-0.39, 0.29) is 16.8 Å². The molecule has 1 aromatic heterocycles. The molecule has 0 amide bonds. The lowest BCUT2D eigenvalue weighted by molar-refractivity contribution is 0.382. The first-order valence-corrected chi connectivity index (χ1v) is 5.67. The molecule has 5 heteroatoms. The van der Waals surface area contributed by atoms with E-state index in [4.69, 9.17) is 0 Å². The minimum atomic E-state index is -0.0810. The van der Waals surface area contributed by atoms with E-state index in [9.17, 15) is 10.1 Å². The Kier molecular flexibility index (Phi) is 2.09. The van der Waals surface area contributed by atoms with Crippen LogP contribution in [0, 0.1) is 11.3 Å². The molecule has 1 aromatic rings. The summed E-state index contributed by atoms with van der Waals surface area (Å²) >= 11 is 0. The van der Waals surface area contributed by atoms with Crippen LogP contribution < -0.4 is 10.6 Å². The topological polar surface area (TPSA) is 69.9 Å². The SMILES string of the molecule is CC1(N2C=c3cncnc3=C(C#N)C2=C=O)CC1. The fraction of sp³-hybridized carbons (Fsp3) is 0.308. The van der Waals surface area contributed by atoms with Gasteiger partial charge >= 0.3 is 0 Å². The fourth-order valence-corrected chi connectivity index (χ4v) is 2.13. The van der Waals surface area contributed by atoms with Crippen LogP contribution in [0.15, 0.2) is 18.2 Å². The normalized spacial score (nSPS) is 19.4. The third-order valence-electron chi connectivity index (χ3n) is 3.49. The lowest BCUT2D eigenvalue weighted by Gasteiger charge is -2.29. The molecule has 0 radical (unpaired) electrons. The maximum atomic E-state index is 11.2. The molecule has 5 nitrogen and oxygen atoms in total.